The van der Waals surface area contributed by atoms with Crippen molar-refractivity contribution in [3.05, 3.63) is 47.2 Å². The first kappa shape index (κ1) is 17.6. The average molecular weight is 342 g/mol. The zero-order valence-electron chi connectivity index (χ0n) is 15.0. The molecule has 1 fully saturated rings. The molecule has 6 nitrogen and oxygen atoms in total. The minimum absolute atomic E-state index is 0.0181. The van der Waals surface area contributed by atoms with Crippen molar-refractivity contribution < 1.29 is 9.32 Å². The molecule has 0 aliphatic carbocycles. The molecule has 0 unspecified atom stereocenters. The Balaban J connectivity index is 1.37. The fourth-order valence-electron chi connectivity index (χ4n) is 3.13. The summed E-state index contributed by atoms with van der Waals surface area (Å²) in [6.45, 7) is 9.80. The van der Waals surface area contributed by atoms with E-state index in [1.807, 2.05) is 0 Å². The summed E-state index contributed by atoms with van der Waals surface area (Å²) in [4.78, 5) is 16.8. The fourth-order valence-corrected chi connectivity index (χ4v) is 3.13. The standard InChI is InChI=1S/C19H26N4O2/c1-15-4-3-5-17(12-15)14-23-10-8-22(9-11-23)7-6-19(24)20-18-13-16(2)25-21-18/h3-5,12-13H,6-11,14H2,1-2H3,(H,20,21,24). The molecule has 2 heterocycles. The molecule has 25 heavy (non-hydrogen) atoms. The molecule has 0 saturated carbocycles. The Bertz CT molecular complexity index is 705. The summed E-state index contributed by atoms with van der Waals surface area (Å²) in [6.07, 6.45) is 0.476. The third-order valence-electron chi connectivity index (χ3n) is 4.50. The van der Waals surface area contributed by atoms with Crippen LogP contribution in [-0.2, 0) is 11.3 Å². The van der Waals surface area contributed by atoms with Gasteiger partial charge in [0.2, 0.25) is 5.91 Å². The molecule has 1 aliphatic heterocycles. The van der Waals surface area contributed by atoms with E-state index in [1.54, 1.807) is 13.0 Å². The Kier molecular flexibility index (Phi) is 5.83. The topological polar surface area (TPSA) is 61.6 Å². The predicted molar refractivity (Wildman–Crippen MR) is 97.4 cm³/mol. The monoisotopic (exact) mass is 342 g/mol. The Hall–Kier alpha value is -2.18. The molecule has 1 aromatic heterocycles. The molecule has 3 rings (SSSR count). The normalized spacial score (nSPS) is 16.1. The van der Waals surface area contributed by atoms with Gasteiger partial charge in [-0.25, -0.2) is 0 Å². The number of hydrogen-bond acceptors (Lipinski definition) is 5. The number of piperazine rings is 1. The van der Waals surface area contributed by atoms with Crippen molar-refractivity contribution >= 4 is 11.7 Å². The van der Waals surface area contributed by atoms with Crippen LogP contribution in [0.3, 0.4) is 0 Å². The van der Waals surface area contributed by atoms with Crippen molar-refractivity contribution in [1.82, 2.24) is 15.0 Å². The molecule has 0 radical (unpaired) electrons. The molecule has 1 aliphatic rings. The number of amides is 1. The van der Waals surface area contributed by atoms with Crippen LogP contribution in [0.1, 0.15) is 23.3 Å². The van der Waals surface area contributed by atoms with Crippen LogP contribution in [-0.4, -0.2) is 53.6 Å². The second kappa shape index (κ2) is 8.27. The van der Waals surface area contributed by atoms with E-state index in [2.05, 4.69) is 51.5 Å². The van der Waals surface area contributed by atoms with Crippen LogP contribution in [0, 0.1) is 13.8 Å². The SMILES string of the molecule is Cc1cccc(CN2CCN(CCC(=O)Nc3cc(C)on3)CC2)c1. The van der Waals surface area contributed by atoms with E-state index in [1.165, 1.54) is 11.1 Å². The van der Waals surface area contributed by atoms with Gasteiger partial charge in [-0.3, -0.25) is 9.69 Å². The maximum absolute atomic E-state index is 12.0. The number of aromatic nitrogens is 1. The first-order valence-electron chi connectivity index (χ1n) is 8.82. The molecule has 1 saturated heterocycles. The molecule has 6 heteroatoms. The van der Waals surface area contributed by atoms with Crippen molar-refractivity contribution in [3.63, 3.8) is 0 Å². The lowest BCUT2D eigenvalue weighted by atomic mass is 10.1. The summed E-state index contributed by atoms with van der Waals surface area (Å²) >= 11 is 0. The minimum Gasteiger partial charge on any atom is -0.360 e. The first-order valence-corrected chi connectivity index (χ1v) is 8.82. The number of aryl methyl sites for hydroxylation is 2. The van der Waals surface area contributed by atoms with Crippen LogP contribution in [0.25, 0.3) is 0 Å². The van der Waals surface area contributed by atoms with Crippen molar-refractivity contribution in [2.45, 2.75) is 26.8 Å². The Morgan fingerprint density at radius 1 is 1.16 bits per heavy atom. The summed E-state index contributed by atoms with van der Waals surface area (Å²) in [6, 6.07) is 10.4. The quantitative estimate of drug-likeness (QED) is 0.874. The lowest BCUT2D eigenvalue weighted by molar-refractivity contribution is -0.116. The number of hydrogen-bond donors (Lipinski definition) is 1. The highest BCUT2D eigenvalue weighted by molar-refractivity contribution is 5.89. The van der Waals surface area contributed by atoms with Crippen molar-refractivity contribution in [1.29, 1.82) is 0 Å². The Morgan fingerprint density at radius 2 is 1.92 bits per heavy atom. The zero-order valence-corrected chi connectivity index (χ0v) is 15.0. The van der Waals surface area contributed by atoms with Gasteiger partial charge in [0.15, 0.2) is 5.82 Å². The number of anilines is 1. The molecule has 2 aromatic rings. The van der Waals surface area contributed by atoms with Crippen LogP contribution < -0.4 is 5.32 Å². The van der Waals surface area contributed by atoms with Gasteiger partial charge in [0.1, 0.15) is 5.76 Å². The van der Waals surface area contributed by atoms with Gasteiger partial charge in [-0.05, 0) is 19.4 Å². The van der Waals surface area contributed by atoms with Gasteiger partial charge >= 0.3 is 0 Å². The van der Waals surface area contributed by atoms with Gasteiger partial charge in [-0.2, -0.15) is 0 Å². The predicted octanol–water partition coefficient (Wildman–Crippen LogP) is 2.44. The molecule has 1 aromatic carbocycles. The molecule has 0 atom stereocenters. The highest BCUT2D eigenvalue weighted by Crippen LogP contribution is 2.11. The summed E-state index contributed by atoms with van der Waals surface area (Å²) in [5, 5.41) is 6.55. The van der Waals surface area contributed by atoms with Crippen molar-refractivity contribution in [2.75, 3.05) is 38.0 Å². The summed E-state index contributed by atoms with van der Waals surface area (Å²) < 4.78 is 4.95. The third kappa shape index (κ3) is 5.41. The number of benzene rings is 1. The van der Waals surface area contributed by atoms with Crippen LogP contribution in [0.4, 0.5) is 5.82 Å². The number of carbonyl (C=O) groups excluding carboxylic acids is 1. The number of nitrogens with zero attached hydrogens (tertiary/aromatic N) is 3. The van der Waals surface area contributed by atoms with E-state index in [0.29, 0.717) is 18.0 Å². The van der Waals surface area contributed by atoms with Gasteiger partial charge in [-0.15, -0.1) is 0 Å². The minimum atomic E-state index is -0.0181. The van der Waals surface area contributed by atoms with Gasteiger partial charge in [0.05, 0.1) is 0 Å². The maximum atomic E-state index is 12.0. The number of rotatable bonds is 6. The van der Waals surface area contributed by atoms with E-state index in [0.717, 1.165) is 39.3 Å². The summed E-state index contributed by atoms with van der Waals surface area (Å²) in [5.74, 6) is 1.17. The molecule has 0 bridgehead atoms. The number of nitrogens with one attached hydrogen (secondary N) is 1. The van der Waals surface area contributed by atoms with Crippen LogP contribution in [0.5, 0.6) is 0 Å². The highest BCUT2D eigenvalue weighted by atomic mass is 16.5. The third-order valence-corrected chi connectivity index (χ3v) is 4.50. The van der Waals surface area contributed by atoms with E-state index >= 15 is 0 Å². The summed E-state index contributed by atoms with van der Waals surface area (Å²) in [5.41, 5.74) is 2.68. The fraction of sp³-hybridized carbons (Fsp3) is 0.474. The molecule has 1 amide bonds. The molecular formula is C19H26N4O2. The maximum Gasteiger partial charge on any atom is 0.226 e. The van der Waals surface area contributed by atoms with E-state index in [-0.39, 0.29) is 5.91 Å². The average Bonchev–Trinajstić information content (AvgIpc) is 2.99. The van der Waals surface area contributed by atoms with Crippen LogP contribution in [0.15, 0.2) is 34.9 Å². The van der Waals surface area contributed by atoms with Gasteiger partial charge in [0, 0.05) is 51.8 Å². The second-order valence-corrected chi connectivity index (χ2v) is 6.73. The molecule has 0 spiro atoms. The lowest BCUT2D eigenvalue weighted by Crippen LogP contribution is -2.46. The van der Waals surface area contributed by atoms with Crippen LogP contribution in [0.2, 0.25) is 0 Å². The smallest absolute Gasteiger partial charge is 0.226 e. The zero-order chi connectivity index (χ0) is 17.6. The van der Waals surface area contributed by atoms with E-state index < -0.39 is 0 Å². The van der Waals surface area contributed by atoms with Gasteiger partial charge in [0.25, 0.3) is 0 Å². The van der Waals surface area contributed by atoms with E-state index in [4.69, 9.17) is 4.52 Å². The Labute approximate surface area is 148 Å². The second-order valence-electron chi connectivity index (χ2n) is 6.73. The number of carbonyl (C=O) groups is 1. The lowest BCUT2D eigenvalue weighted by Gasteiger charge is -2.34. The molecule has 134 valence electrons. The van der Waals surface area contributed by atoms with E-state index in [9.17, 15) is 4.79 Å². The van der Waals surface area contributed by atoms with Crippen LogP contribution >= 0.6 is 0 Å². The van der Waals surface area contributed by atoms with Crippen molar-refractivity contribution in [2.24, 2.45) is 0 Å². The first-order chi connectivity index (χ1) is 12.1. The van der Waals surface area contributed by atoms with Gasteiger partial charge < -0.3 is 14.7 Å². The Morgan fingerprint density at radius 3 is 2.60 bits per heavy atom. The largest absolute Gasteiger partial charge is 0.360 e. The van der Waals surface area contributed by atoms with Gasteiger partial charge in [-0.1, -0.05) is 35.0 Å². The molecule has 1 N–H and O–H groups in total. The summed E-state index contributed by atoms with van der Waals surface area (Å²) in [7, 11) is 0. The molecular weight excluding hydrogens is 316 g/mol. The highest BCUT2D eigenvalue weighted by Gasteiger charge is 2.18. The van der Waals surface area contributed by atoms with Crippen molar-refractivity contribution in [3.8, 4) is 0 Å².